The molecule has 4 heteroatoms. The van der Waals surface area contributed by atoms with Gasteiger partial charge in [-0.15, -0.1) is 0 Å². The van der Waals surface area contributed by atoms with Crippen LogP contribution in [-0.4, -0.2) is 24.2 Å². The van der Waals surface area contributed by atoms with Crippen molar-refractivity contribution in [1.82, 2.24) is 0 Å². The molecule has 4 nitrogen and oxygen atoms in total. The summed E-state index contributed by atoms with van der Waals surface area (Å²) in [6.45, 7) is 8.62. The molecule has 0 radical (unpaired) electrons. The first kappa shape index (κ1) is 15.9. The van der Waals surface area contributed by atoms with Crippen LogP contribution in [0.15, 0.2) is 24.8 Å². The van der Waals surface area contributed by atoms with Gasteiger partial charge in [0.15, 0.2) is 0 Å². The topological polar surface area (TPSA) is 63.6 Å². The second kappa shape index (κ2) is 10.5. The number of esters is 1. The molecule has 0 bridgehead atoms. The van der Waals surface area contributed by atoms with Crippen LogP contribution in [0.5, 0.6) is 0 Å². The summed E-state index contributed by atoms with van der Waals surface area (Å²) in [6.07, 6.45) is 3.67. The van der Waals surface area contributed by atoms with Gasteiger partial charge in [0.25, 0.3) is 0 Å². The van der Waals surface area contributed by atoms with Gasteiger partial charge in [-0.25, -0.2) is 9.59 Å². The van der Waals surface area contributed by atoms with Crippen LogP contribution in [0.3, 0.4) is 0 Å². The van der Waals surface area contributed by atoms with E-state index in [2.05, 4.69) is 24.8 Å². The third kappa shape index (κ3) is 12.4. The van der Waals surface area contributed by atoms with Gasteiger partial charge in [-0.05, 0) is 12.8 Å². The molecular formula is C11H18O4. The van der Waals surface area contributed by atoms with Gasteiger partial charge in [-0.2, -0.15) is 0 Å². The predicted molar refractivity (Wildman–Crippen MR) is 58.5 cm³/mol. The number of carboxylic acid groups (broad SMARTS) is 1. The number of carbonyl (C=O) groups excluding carboxylic acids is 1. The number of rotatable bonds is 5. The fourth-order valence-electron chi connectivity index (χ4n) is 0.637. The van der Waals surface area contributed by atoms with Crippen LogP contribution in [-0.2, 0) is 14.3 Å². The maximum Gasteiger partial charge on any atom is 0.333 e. The first-order chi connectivity index (χ1) is 6.99. The molecule has 0 aliphatic heterocycles. The zero-order valence-corrected chi connectivity index (χ0v) is 9.28. The molecule has 0 aliphatic rings. The first-order valence-electron chi connectivity index (χ1n) is 4.61. The van der Waals surface area contributed by atoms with Gasteiger partial charge < -0.3 is 9.84 Å². The Morgan fingerprint density at radius 1 is 1.47 bits per heavy atom. The van der Waals surface area contributed by atoms with E-state index in [1.54, 1.807) is 0 Å². The maximum atomic E-state index is 10.7. The fraction of sp³-hybridized carbons (Fsp3) is 0.455. The van der Waals surface area contributed by atoms with Crippen LogP contribution < -0.4 is 0 Å². The largest absolute Gasteiger partial charge is 0.478 e. The molecule has 1 N–H and O–H groups in total. The molecule has 0 saturated carbocycles. The van der Waals surface area contributed by atoms with Gasteiger partial charge in [0, 0.05) is 11.6 Å². The summed E-state index contributed by atoms with van der Waals surface area (Å²) in [4.78, 5) is 19.9. The Balaban J connectivity index is 0. The highest BCUT2D eigenvalue weighted by Gasteiger charge is 2.03. The Labute approximate surface area is 90.2 Å². The predicted octanol–water partition coefficient (Wildman–Crippen LogP) is 2.16. The highest BCUT2D eigenvalue weighted by molar-refractivity contribution is 5.87. The Hall–Kier alpha value is -1.58. The summed E-state index contributed by atoms with van der Waals surface area (Å²) < 4.78 is 4.47. The van der Waals surface area contributed by atoms with Crippen molar-refractivity contribution in [3.8, 4) is 0 Å². The minimum absolute atomic E-state index is 0.284. The van der Waals surface area contributed by atoms with Crippen molar-refractivity contribution < 1.29 is 19.4 Å². The number of ether oxygens (including phenoxy) is 1. The normalized spacial score (nSPS) is 8.13. The summed E-state index contributed by atoms with van der Waals surface area (Å²) in [6, 6.07) is 0. The van der Waals surface area contributed by atoms with Crippen molar-refractivity contribution in [2.75, 3.05) is 7.11 Å². The lowest BCUT2D eigenvalue weighted by molar-refractivity contribution is -0.136. The van der Waals surface area contributed by atoms with E-state index in [1.165, 1.54) is 7.11 Å². The Bertz CT molecular complexity index is 231. The molecule has 0 heterocycles. The van der Waals surface area contributed by atoms with Crippen LogP contribution >= 0.6 is 0 Å². The van der Waals surface area contributed by atoms with Gasteiger partial charge in [-0.3, -0.25) is 0 Å². The third-order valence-electron chi connectivity index (χ3n) is 1.48. The Morgan fingerprint density at radius 3 is 2.20 bits per heavy atom. The van der Waals surface area contributed by atoms with Gasteiger partial charge >= 0.3 is 11.9 Å². The molecule has 0 aliphatic carbocycles. The Morgan fingerprint density at radius 2 is 1.93 bits per heavy atom. The molecule has 15 heavy (non-hydrogen) atoms. The highest BCUT2D eigenvalue weighted by atomic mass is 16.5. The maximum absolute atomic E-state index is 10.7. The number of carbonyl (C=O) groups is 2. The second-order valence-corrected chi connectivity index (χ2v) is 2.74. The van der Waals surface area contributed by atoms with E-state index in [-0.39, 0.29) is 5.97 Å². The molecule has 0 amide bonds. The zero-order chi connectivity index (χ0) is 12.3. The summed E-state index contributed by atoms with van der Waals surface area (Å²) in [5.41, 5.74) is 0.573. The van der Waals surface area contributed by atoms with Crippen LogP contribution in [0.2, 0.25) is 0 Å². The molecule has 0 atom stereocenters. The van der Waals surface area contributed by atoms with Crippen LogP contribution in [0.1, 0.15) is 26.2 Å². The minimum atomic E-state index is -0.981. The molecule has 0 aromatic rings. The quantitative estimate of drug-likeness (QED) is 0.562. The molecule has 86 valence electrons. The number of hydrogen-bond acceptors (Lipinski definition) is 3. The number of methoxy groups -OCH3 is 1. The molecule has 0 rings (SSSR count). The van der Waals surface area contributed by atoms with Crippen molar-refractivity contribution >= 4 is 11.9 Å². The van der Waals surface area contributed by atoms with Crippen molar-refractivity contribution in [1.29, 1.82) is 0 Å². The second-order valence-electron chi connectivity index (χ2n) is 2.74. The molecule has 0 saturated heterocycles. The van der Waals surface area contributed by atoms with E-state index in [1.807, 2.05) is 0 Å². The first-order valence-corrected chi connectivity index (χ1v) is 4.61. The average molecular weight is 214 g/mol. The highest BCUT2D eigenvalue weighted by Crippen LogP contribution is 2.05. The van der Waals surface area contributed by atoms with Crippen LogP contribution in [0.4, 0.5) is 0 Å². The summed E-state index contributed by atoms with van der Waals surface area (Å²) in [7, 11) is 1.37. The zero-order valence-electron chi connectivity index (χ0n) is 9.28. The van der Waals surface area contributed by atoms with Crippen LogP contribution in [0, 0.1) is 0 Å². The van der Waals surface area contributed by atoms with E-state index in [9.17, 15) is 9.59 Å². The Kier molecular flexibility index (Phi) is 11.1. The number of unbranched alkanes of at least 4 members (excludes halogenated alkanes) is 1. The molecule has 0 spiro atoms. The SMILES string of the molecule is C=C(CCCC)C(=O)OC.C=CC(=O)O. The summed E-state index contributed by atoms with van der Waals surface area (Å²) in [5, 5.41) is 7.60. The lowest BCUT2D eigenvalue weighted by Crippen LogP contribution is -2.02. The number of aliphatic carboxylic acids is 1. The van der Waals surface area contributed by atoms with E-state index in [4.69, 9.17) is 5.11 Å². The standard InChI is InChI=1S/C8H14O2.C3H4O2/c1-4-5-6-7(2)8(9)10-3;1-2-3(4)5/h2,4-6H2,1,3H3;2H,1H2,(H,4,5). The monoisotopic (exact) mass is 214 g/mol. The van der Waals surface area contributed by atoms with Gasteiger partial charge in [0.05, 0.1) is 7.11 Å². The van der Waals surface area contributed by atoms with E-state index >= 15 is 0 Å². The lowest BCUT2D eigenvalue weighted by atomic mass is 10.1. The molecule has 0 unspecified atom stereocenters. The van der Waals surface area contributed by atoms with Crippen molar-refractivity contribution in [2.45, 2.75) is 26.2 Å². The van der Waals surface area contributed by atoms with Gasteiger partial charge in [0.1, 0.15) is 0 Å². The van der Waals surface area contributed by atoms with Crippen LogP contribution in [0.25, 0.3) is 0 Å². The molecule has 0 aromatic carbocycles. The molecule has 0 fully saturated rings. The van der Waals surface area contributed by atoms with E-state index in [0.717, 1.165) is 25.3 Å². The van der Waals surface area contributed by atoms with E-state index < -0.39 is 5.97 Å². The molecule has 0 aromatic heterocycles. The van der Waals surface area contributed by atoms with E-state index in [0.29, 0.717) is 5.57 Å². The number of carboxylic acids is 1. The lowest BCUT2D eigenvalue weighted by Gasteiger charge is -2.00. The number of hydrogen-bond donors (Lipinski definition) is 1. The van der Waals surface area contributed by atoms with Crippen molar-refractivity contribution in [3.05, 3.63) is 24.8 Å². The summed E-state index contributed by atoms with van der Waals surface area (Å²) >= 11 is 0. The van der Waals surface area contributed by atoms with Crippen molar-refractivity contribution in [2.24, 2.45) is 0 Å². The van der Waals surface area contributed by atoms with Crippen molar-refractivity contribution in [3.63, 3.8) is 0 Å². The smallest absolute Gasteiger partial charge is 0.333 e. The summed E-state index contributed by atoms with van der Waals surface area (Å²) in [5.74, 6) is -1.27. The minimum Gasteiger partial charge on any atom is -0.478 e. The average Bonchev–Trinajstić information content (AvgIpc) is 2.25. The molecular weight excluding hydrogens is 196 g/mol. The van der Waals surface area contributed by atoms with Gasteiger partial charge in [-0.1, -0.05) is 26.5 Å². The fourth-order valence-corrected chi connectivity index (χ4v) is 0.637. The third-order valence-corrected chi connectivity index (χ3v) is 1.48. The van der Waals surface area contributed by atoms with Gasteiger partial charge in [0.2, 0.25) is 0 Å².